The van der Waals surface area contributed by atoms with E-state index in [0.29, 0.717) is 13.2 Å². The summed E-state index contributed by atoms with van der Waals surface area (Å²) >= 11 is 0. The first kappa shape index (κ1) is 24.9. The van der Waals surface area contributed by atoms with E-state index in [1.165, 1.54) is 0 Å². The third-order valence-electron chi connectivity index (χ3n) is 4.74. The molecular weight excluding hydrogens is 390 g/mol. The Labute approximate surface area is 180 Å². The predicted octanol–water partition coefficient (Wildman–Crippen LogP) is 3.66. The fourth-order valence-corrected chi connectivity index (χ4v) is 3.61. The summed E-state index contributed by atoms with van der Waals surface area (Å²) in [6.45, 7) is 12.3. The van der Waals surface area contributed by atoms with Gasteiger partial charge in [0.05, 0.1) is 12.6 Å². The summed E-state index contributed by atoms with van der Waals surface area (Å²) in [6.07, 6.45) is 3.43. The number of carbonyl (C=O) groups excluding carboxylic acids is 2. The van der Waals surface area contributed by atoms with Crippen molar-refractivity contribution in [2.75, 3.05) is 26.4 Å². The lowest BCUT2D eigenvalue weighted by Crippen LogP contribution is -2.49. The van der Waals surface area contributed by atoms with Gasteiger partial charge in [-0.2, -0.15) is 0 Å². The molecule has 174 valence electrons. The van der Waals surface area contributed by atoms with Crippen molar-refractivity contribution < 1.29 is 33.3 Å². The zero-order valence-corrected chi connectivity index (χ0v) is 19.4. The van der Waals surface area contributed by atoms with Crippen LogP contribution in [0, 0.1) is 0 Å². The van der Waals surface area contributed by atoms with Crippen LogP contribution in [0.1, 0.15) is 73.6 Å². The van der Waals surface area contributed by atoms with Crippen LogP contribution in [0.15, 0.2) is 0 Å². The summed E-state index contributed by atoms with van der Waals surface area (Å²) in [5.41, 5.74) is -1.13. The number of hydrogen-bond acceptors (Lipinski definition) is 7. The molecule has 0 spiro atoms. The number of hydrogen-bond donors (Lipinski definition) is 0. The van der Waals surface area contributed by atoms with Crippen molar-refractivity contribution in [3.8, 4) is 0 Å². The minimum atomic E-state index is -0.569. The number of esters is 1. The molecule has 0 aromatic heterocycles. The molecule has 30 heavy (non-hydrogen) atoms. The molecule has 2 heterocycles. The minimum absolute atomic E-state index is 0.165. The van der Waals surface area contributed by atoms with Gasteiger partial charge in [-0.3, -0.25) is 0 Å². The highest BCUT2D eigenvalue weighted by Gasteiger charge is 2.39. The van der Waals surface area contributed by atoms with Gasteiger partial charge >= 0.3 is 12.1 Å². The SMILES string of the molecule is CC(C)(C)OC(=O)COCC(OC1CCCCO1)[C@@H]1CCCN1C(=O)OC(C)(C)C. The van der Waals surface area contributed by atoms with Gasteiger partial charge in [0.15, 0.2) is 6.29 Å². The fourth-order valence-electron chi connectivity index (χ4n) is 3.61. The number of nitrogens with zero attached hydrogens (tertiary/aromatic N) is 1. The van der Waals surface area contributed by atoms with E-state index in [2.05, 4.69) is 0 Å². The summed E-state index contributed by atoms with van der Waals surface area (Å²) in [7, 11) is 0. The molecule has 0 aromatic rings. The zero-order valence-electron chi connectivity index (χ0n) is 19.4. The number of amides is 1. The monoisotopic (exact) mass is 429 g/mol. The van der Waals surface area contributed by atoms with Crippen LogP contribution in [0.5, 0.6) is 0 Å². The number of carbonyl (C=O) groups is 2. The molecule has 0 aromatic carbocycles. The first-order valence-electron chi connectivity index (χ1n) is 11.0. The van der Waals surface area contributed by atoms with Crippen LogP contribution in [0.2, 0.25) is 0 Å². The van der Waals surface area contributed by atoms with E-state index in [4.69, 9.17) is 23.7 Å². The molecule has 3 atom stereocenters. The third-order valence-corrected chi connectivity index (χ3v) is 4.74. The van der Waals surface area contributed by atoms with Crippen LogP contribution in [-0.4, -0.2) is 73.0 Å². The minimum Gasteiger partial charge on any atom is -0.458 e. The second-order valence-electron chi connectivity index (χ2n) is 9.96. The van der Waals surface area contributed by atoms with Crippen molar-refractivity contribution in [3.05, 3.63) is 0 Å². The average molecular weight is 430 g/mol. The van der Waals surface area contributed by atoms with Crippen molar-refractivity contribution in [3.63, 3.8) is 0 Å². The van der Waals surface area contributed by atoms with Gasteiger partial charge in [-0.1, -0.05) is 0 Å². The van der Waals surface area contributed by atoms with E-state index in [0.717, 1.165) is 32.1 Å². The molecule has 1 amide bonds. The molecule has 2 fully saturated rings. The van der Waals surface area contributed by atoms with Crippen molar-refractivity contribution in [1.29, 1.82) is 0 Å². The first-order chi connectivity index (χ1) is 13.9. The first-order valence-corrected chi connectivity index (χ1v) is 11.0. The quantitative estimate of drug-likeness (QED) is 0.571. The maximum atomic E-state index is 12.7. The van der Waals surface area contributed by atoms with Crippen molar-refractivity contribution >= 4 is 12.1 Å². The Morgan fingerprint density at radius 2 is 1.70 bits per heavy atom. The van der Waals surface area contributed by atoms with Gasteiger partial charge in [0.25, 0.3) is 0 Å². The lowest BCUT2D eigenvalue weighted by Gasteiger charge is -2.35. The normalized spacial score (nSPS) is 23.9. The van der Waals surface area contributed by atoms with Gasteiger partial charge in [-0.05, 0) is 73.6 Å². The lowest BCUT2D eigenvalue weighted by molar-refractivity contribution is -0.209. The molecule has 2 rings (SSSR count). The molecule has 8 heteroatoms. The van der Waals surface area contributed by atoms with Crippen LogP contribution in [0.4, 0.5) is 4.79 Å². The maximum absolute atomic E-state index is 12.7. The van der Waals surface area contributed by atoms with Gasteiger partial charge in [0.2, 0.25) is 0 Å². The van der Waals surface area contributed by atoms with E-state index in [9.17, 15) is 9.59 Å². The number of ether oxygens (including phenoxy) is 5. The summed E-state index contributed by atoms with van der Waals surface area (Å²) < 4.78 is 28.5. The van der Waals surface area contributed by atoms with E-state index in [-0.39, 0.29) is 31.6 Å². The van der Waals surface area contributed by atoms with E-state index in [1.807, 2.05) is 41.5 Å². The van der Waals surface area contributed by atoms with Crippen molar-refractivity contribution in [2.24, 2.45) is 0 Å². The second kappa shape index (κ2) is 10.8. The standard InChI is InChI=1S/C22H39NO7/c1-21(2,3)29-18(24)15-26-14-17(28-19-11-7-8-13-27-19)16-10-9-12-23(16)20(25)30-22(4,5)6/h16-17,19H,7-15H2,1-6H3/t16-,17?,19?/m0/s1. The third kappa shape index (κ3) is 8.78. The van der Waals surface area contributed by atoms with Crippen molar-refractivity contribution in [2.45, 2.75) is 103 Å². The molecule has 0 aliphatic carbocycles. The largest absolute Gasteiger partial charge is 0.458 e. The Kier molecular flexibility index (Phi) is 8.94. The highest BCUT2D eigenvalue weighted by Crippen LogP contribution is 2.27. The average Bonchev–Trinajstić information content (AvgIpc) is 3.08. The van der Waals surface area contributed by atoms with Gasteiger partial charge in [0, 0.05) is 13.2 Å². The topological polar surface area (TPSA) is 83.5 Å². The summed E-state index contributed by atoms with van der Waals surface area (Å²) in [6, 6.07) is -0.191. The number of rotatable bonds is 7. The Bertz CT molecular complexity index is 561. The fraction of sp³-hybridized carbons (Fsp3) is 0.909. The van der Waals surface area contributed by atoms with Gasteiger partial charge in [0.1, 0.15) is 23.9 Å². The Hall–Kier alpha value is -1.38. The highest BCUT2D eigenvalue weighted by atomic mass is 16.7. The van der Waals surface area contributed by atoms with E-state index < -0.39 is 23.3 Å². The molecule has 0 saturated carbocycles. The van der Waals surface area contributed by atoms with Gasteiger partial charge < -0.3 is 28.6 Å². The zero-order chi connectivity index (χ0) is 22.4. The maximum Gasteiger partial charge on any atom is 0.410 e. The Morgan fingerprint density at radius 1 is 1.00 bits per heavy atom. The van der Waals surface area contributed by atoms with Crippen LogP contribution in [-0.2, 0) is 28.5 Å². The second-order valence-corrected chi connectivity index (χ2v) is 9.96. The Morgan fingerprint density at radius 3 is 2.30 bits per heavy atom. The predicted molar refractivity (Wildman–Crippen MR) is 111 cm³/mol. The summed E-state index contributed by atoms with van der Waals surface area (Å²) in [4.78, 5) is 26.4. The van der Waals surface area contributed by atoms with Crippen LogP contribution in [0.25, 0.3) is 0 Å². The molecule has 2 unspecified atom stereocenters. The summed E-state index contributed by atoms with van der Waals surface area (Å²) in [5, 5.41) is 0. The molecule has 0 bridgehead atoms. The molecular formula is C22H39NO7. The molecule has 2 aliphatic heterocycles. The van der Waals surface area contributed by atoms with Gasteiger partial charge in [-0.15, -0.1) is 0 Å². The number of likely N-dealkylation sites (tertiary alicyclic amines) is 1. The molecule has 0 radical (unpaired) electrons. The molecule has 2 saturated heterocycles. The van der Waals surface area contributed by atoms with Crippen LogP contribution < -0.4 is 0 Å². The van der Waals surface area contributed by atoms with E-state index in [1.54, 1.807) is 4.90 Å². The molecule has 2 aliphatic rings. The lowest BCUT2D eigenvalue weighted by atomic mass is 10.1. The Balaban J connectivity index is 2.00. The van der Waals surface area contributed by atoms with Crippen molar-refractivity contribution in [1.82, 2.24) is 4.90 Å². The molecule has 0 N–H and O–H groups in total. The van der Waals surface area contributed by atoms with Gasteiger partial charge in [-0.25, -0.2) is 9.59 Å². The van der Waals surface area contributed by atoms with E-state index >= 15 is 0 Å². The van der Waals surface area contributed by atoms with Crippen LogP contribution >= 0.6 is 0 Å². The molecule has 8 nitrogen and oxygen atoms in total. The summed E-state index contributed by atoms with van der Waals surface area (Å²) in [5.74, 6) is -0.425. The highest BCUT2D eigenvalue weighted by molar-refractivity contribution is 5.71. The smallest absolute Gasteiger partial charge is 0.410 e. The van der Waals surface area contributed by atoms with Crippen LogP contribution in [0.3, 0.4) is 0 Å².